The quantitative estimate of drug-likeness (QED) is 0.668. The van der Waals surface area contributed by atoms with Crippen molar-refractivity contribution in [3.05, 3.63) is 52.0 Å². The van der Waals surface area contributed by atoms with Gasteiger partial charge in [0.05, 0.1) is 11.4 Å². The summed E-state index contributed by atoms with van der Waals surface area (Å²) in [6, 6.07) is 10.4. The lowest BCUT2D eigenvalue weighted by molar-refractivity contribution is 0.0947. The first-order valence-corrected chi connectivity index (χ1v) is 10.1. The number of aromatic nitrogens is 2. The molecule has 0 aliphatic carbocycles. The summed E-state index contributed by atoms with van der Waals surface area (Å²) in [6.45, 7) is 5.76. The Morgan fingerprint density at radius 1 is 1.37 bits per heavy atom. The van der Waals surface area contributed by atoms with Crippen LogP contribution in [0, 0.1) is 0 Å². The molecule has 1 aliphatic heterocycles. The molecule has 0 saturated carbocycles. The summed E-state index contributed by atoms with van der Waals surface area (Å²) < 4.78 is 5.99. The average Bonchev–Trinajstić information content (AvgIpc) is 3.41. The minimum Gasteiger partial charge on any atom is -0.458 e. The molecule has 142 valence electrons. The van der Waals surface area contributed by atoms with Crippen LogP contribution >= 0.6 is 11.3 Å². The molecule has 6 nitrogen and oxygen atoms in total. The number of H-pyrrole nitrogens is 1. The van der Waals surface area contributed by atoms with Crippen molar-refractivity contribution >= 4 is 17.2 Å². The van der Waals surface area contributed by atoms with Gasteiger partial charge in [0.15, 0.2) is 5.76 Å². The first kappa shape index (κ1) is 18.0. The van der Waals surface area contributed by atoms with Crippen LogP contribution in [0.3, 0.4) is 0 Å². The number of nitrogens with zero attached hydrogens (tertiary/aromatic N) is 2. The zero-order valence-electron chi connectivity index (χ0n) is 15.6. The van der Waals surface area contributed by atoms with Gasteiger partial charge in [0.25, 0.3) is 5.91 Å². The maximum absolute atomic E-state index is 12.2. The molecule has 0 spiro atoms. The van der Waals surface area contributed by atoms with Crippen molar-refractivity contribution in [2.75, 3.05) is 6.54 Å². The third-order valence-corrected chi connectivity index (χ3v) is 5.93. The van der Waals surface area contributed by atoms with Crippen LogP contribution in [0.5, 0.6) is 0 Å². The van der Waals surface area contributed by atoms with Gasteiger partial charge in [-0.15, -0.1) is 11.3 Å². The lowest BCUT2D eigenvalue weighted by Gasteiger charge is -2.22. The van der Waals surface area contributed by atoms with E-state index in [0.29, 0.717) is 6.04 Å². The first-order valence-electron chi connectivity index (χ1n) is 9.33. The zero-order valence-corrected chi connectivity index (χ0v) is 16.4. The monoisotopic (exact) mass is 384 g/mol. The van der Waals surface area contributed by atoms with Crippen LogP contribution in [0.2, 0.25) is 0 Å². The van der Waals surface area contributed by atoms with Gasteiger partial charge in [-0.25, -0.2) is 0 Å². The molecule has 27 heavy (non-hydrogen) atoms. The molecular weight excluding hydrogens is 360 g/mol. The second-order valence-electron chi connectivity index (χ2n) is 7.19. The fourth-order valence-electron chi connectivity index (χ4n) is 3.53. The topological polar surface area (TPSA) is 74.2 Å². The lowest BCUT2D eigenvalue weighted by atomic mass is 10.2. The SMILES string of the molecule is CC(C)NC(=O)c1ccc(C2CCCN2Cc2ccc(-c3ccn[nH]3)o2)s1. The lowest BCUT2D eigenvalue weighted by Crippen LogP contribution is -2.29. The Morgan fingerprint density at radius 3 is 3.04 bits per heavy atom. The summed E-state index contributed by atoms with van der Waals surface area (Å²) in [6.07, 6.45) is 3.99. The Bertz CT molecular complexity index is 897. The molecule has 3 aromatic heterocycles. The molecule has 1 fully saturated rings. The number of aromatic amines is 1. The minimum atomic E-state index is 0.0148. The fraction of sp³-hybridized carbons (Fsp3) is 0.400. The van der Waals surface area contributed by atoms with Gasteiger partial charge in [0.1, 0.15) is 11.5 Å². The third-order valence-electron chi connectivity index (χ3n) is 4.75. The highest BCUT2D eigenvalue weighted by Gasteiger charge is 2.28. The minimum absolute atomic E-state index is 0.0148. The molecule has 0 radical (unpaired) electrons. The van der Waals surface area contributed by atoms with Crippen LogP contribution in [-0.4, -0.2) is 33.6 Å². The number of rotatable bonds is 6. The van der Waals surface area contributed by atoms with Crippen LogP contribution in [0.15, 0.2) is 40.9 Å². The Morgan fingerprint density at radius 2 is 2.26 bits per heavy atom. The Balaban J connectivity index is 1.45. The van der Waals surface area contributed by atoms with E-state index in [2.05, 4.69) is 26.5 Å². The highest BCUT2D eigenvalue weighted by Crippen LogP contribution is 2.37. The van der Waals surface area contributed by atoms with E-state index >= 15 is 0 Å². The van der Waals surface area contributed by atoms with E-state index in [-0.39, 0.29) is 11.9 Å². The highest BCUT2D eigenvalue weighted by molar-refractivity contribution is 7.14. The number of nitrogens with one attached hydrogen (secondary N) is 2. The first-order chi connectivity index (χ1) is 13.1. The number of hydrogen-bond donors (Lipinski definition) is 2. The van der Waals surface area contributed by atoms with Crippen molar-refractivity contribution in [3.63, 3.8) is 0 Å². The molecule has 1 aliphatic rings. The standard InChI is InChI=1S/C20H24N4O2S/c1-13(2)22-20(25)19-8-7-18(27-19)16-4-3-11-24(16)12-14-5-6-17(26-14)15-9-10-21-23-15/h5-10,13,16H,3-4,11-12H2,1-2H3,(H,21,23)(H,22,25). The number of carbonyl (C=O) groups is 1. The Hall–Kier alpha value is -2.38. The molecule has 4 rings (SSSR count). The van der Waals surface area contributed by atoms with Gasteiger partial charge in [0.2, 0.25) is 0 Å². The van der Waals surface area contributed by atoms with Crippen LogP contribution < -0.4 is 5.32 Å². The predicted octanol–water partition coefficient (Wildman–Crippen LogP) is 4.21. The average molecular weight is 385 g/mol. The molecule has 1 unspecified atom stereocenters. The summed E-state index contributed by atoms with van der Waals surface area (Å²) in [5.74, 6) is 1.77. The molecule has 0 aromatic carbocycles. The van der Waals surface area contributed by atoms with Crippen LogP contribution in [0.4, 0.5) is 0 Å². The summed E-state index contributed by atoms with van der Waals surface area (Å²) in [7, 11) is 0. The number of likely N-dealkylation sites (tertiary alicyclic amines) is 1. The van der Waals surface area contributed by atoms with Gasteiger partial charge in [-0.1, -0.05) is 0 Å². The molecule has 1 atom stereocenters. The maximum Gasteiger partial charge on any atom is 0.261 e. The fourth-order valence-corrected chi connectivity index (χ4v) is 4.61. The van der Waals surface area contributed by atoms with E-state index in [1.54, 1.807) is 17.5 Å². The summed E-state index contributed by atoms with van der Waals surface area (Å²) in [4.78, 5) is 16.7. The molecule has 7 heteroatoms. The van der Waals surface area contributed by atoms with Crippen LogP contribution in [-0.2, 0) is 6.54 Å². The van der Waals surface area contributed by atoms with Crippen molar-refractivity contribution in [2.45, 2.75) is 45.3 Å². The van der Waals surface area contributed by atoms with Gasteiger partial charge >= 0.3 is 0 Å². The largest absolute Gasteiger partial charge is 0.458 e. The summed E-state index contributed by atoms with van der Waals surface area (Å²) >= 11 is 1.60. The molecule has 1 saturated heterocycles. The van der Waals surface area contributed by atoms with E-state index in [1.807, 2.05) is 38.1 Å². The molecule has 2 N–H and O–H groups in total. The molecule has 1 amide bonds. The second-order valence-corrected chi connectivity index (χ2v) is 8.31. The van der Waals surface area contributed by atoms with E-state index in [1.165, 1.54) is 4.88 Å². The van der Waals surface area contributed by atoms with Gasteiger partial charge in [-0.05, 0) is 63.6 Å². The van der Waals surface area contributed by atoms with Gasteiger partial charge < -0.3 is 9.73 Å². The van der Waals surface area contributed by atoms with Crippen molar-refractivity contribution in [2.24, 2.45) is 0 Å². The van der Waals surface area contributed by atoms with Crippen molar-refractivity contribution < 1.29 is 9.21 Å². The van der Waals surface area contributed by atoms with Gasteiger partial charge in [-0.3, -0.25) is 14.8 Å². The third kappa shape index (κ3) is 3.99. The molecular formula is C20H24N4O2S. The smallest absolute Gasteiger partial charge is 0.261 e. The second kappa shape index (κ2) is 7.70. The maximum atomic E-state index is 12.2. The molecule has 3 aromatic rings. The number of carbonyl (C=O) groups excluding carboxylic acids is 1. The van der Waals surface area contributed by atoms with Crippen LogP contribution in [0.1, 0.15) is 53.0 Å². The Labute approximate surface area is 162 Å². The Kier molecular flexibility index (Phi) is 5.13. The molecule has 4 heterocycles. The molecule has 0 bridgehead atoms. The van der Waals surface area contributed by atoms with Crippen molar-refractivity contribution in [1.29, 1.82) is 0 Å². The number of furan rings is 1. The van der Waals surface area contributed by atoms with Crippen molar-refractivity contribution in [3.8, 4) is 11.5 Å². The number of thiophene rings is 1. The van der Waals surface area contributed by atoms with Gasteiger partial charge in [0, 0.05) is 23.2 Å². The van der Waals surface area contributed by atoms with E-state index in [0.717, 1.165) is 48.0 Å². The zero-order chi connectivity index (χ0) is 18.8. The highest BCUT2D eigenvalue weighted by atomic mass is 32.1. The normalized spacial score (nSPS) is 17.7. The summed E-state index contributed by atoms with van der Waals surface area (Å²) in [5, 5.41) is 9.86. The van der Waals surface area contributed by atoms with E-state index in [9.17, 15) is 4.79 Å². The predicted molar refractivity (Wildman–Crippen MR) is 106 cm³/mol. The van der Waals surface area contributed by atoms with Gasteiger partial charge in [-0.2, -0.15) is 5.10 Å². The van der Waals surface area contributed by atoms with E-state index in [4.69, 9.17) is 4.42 Å². The number of amides is 1. The summed E-state index contributed by atoms with van der Waals surface area (Å²) in [5.41, 5.74) is 0.887. The number of hydrogen-bond acceptors (Lipinski definition) is 5. The van der Waals surface area contributed by atoms with E-state index < -0.39 is 0 Å². The van der Waals surface area contributed by atoms with Crippen LogP contribution in [0.25, 0.3) is 11.5 Å². The van der Waals surface area contributed by atoms with Crippen molar-refractivity contribution in [1.82, 2.24) is 20.4 Å².